The number of rotatable bonds is 4. The molecule has 1 amide bonds. The van der Waals surface area contributed by atoms with Crippen LogP contribution in [0.3, 0.4) is 0 Å². The third-order valence-electron chi connectivity index (χ3n) is 2.92. The van der Waals surface area contributed by atoms with Gasteiger partial charge < -0.3 is 14.6 Å². The normalized spacial score (nSPS) is 10.3. The van der Waals surface area contributed by atoms with E-state index in [9.17, 15) is 14.4 Å². The lowest BCUT2D eigenvalue weighted by Gasteiger charge is -2.05. The average molecular weight is 304 g/mol. The van der Waals surface area contributed by atoms with Crippen molar-refractivity contribution in [2.24, 2.45) is 14.1 Å². The predicted molar refractivity (Wildman–Crippen MR) is 78.8 cm³/mol. The Kier molecular flexibility index (Phi) is 4.40. The van der Waals surface area contributed by atoms with Crippen molar-refractivity contribution in [3.63, 3.8) is 0 Å². The van der Waals surface area contributed by atoms with Gasteiger partial charge in [-0.2, -0.15) is 5.10 Å². The highest BCUT2D eigenvalue weighted by atomic mass is 16.5. The Morgan fingerprint density at radius 3 is 2.73 bits per heavy atom. The molecule has 0 bridgehead atoms. The summed E-state index contributed by atoms with van der Waals surface area (Å²) in [6.07, 6.45) is 2.94. The number of nitrogens with one attached hydrogen (secondary N) is 1. The van der Waals surface area contributed by atoms with E-state index < -0.39 is 11.9 Å². The number of carbonyl (C=O) groups excluding carboxylic acids is 2. The molecule has 8 heteroatoms. The molecule has 0 saturated carbocycles. The minimum Gasteiger partial charge on any atom is -0.462 e. The maximum absolute atomic E-state index is 12.2. The lowest BCUT2D eigenvalue weighted by atomic mass is 10.2. The molecule has 0 aromatic carbocycles. The maximum Gasteiger partial charge on any atom is 0.343 e. The van der Waals surface area contributed by atoms with Gasteiger partial charge in [0.15, 0.2) is 5.82 Å². The van der Waals surface area contributed by atoms with Crippen molar-refractivity contribution in [3.05, 3.63) is 46.0 Å². The largest absolute Gasteiger partial charge is 0.462 e. The van der Waals surface area contributed by atoms with E-state index >= 15 is 0 Å². The van der Waals surface area contributed by atoms with E-state index in [1.165, 1.54) is 33.8 Å². The van der Waals surface area contributed by atoms with Gasteiger partial charge in [0.1, 0.15) is 5.56 Å². The summed E-state index contributed by atoms with van der Waals surface area (Å²) in [6, 6.07) is 2.71. The highest BCUT2D eigenvalue weighted by Crippen LogP contribution is 2.15. The van der Waals surface area contributed by atoms with Crippen LogP contribution >= 0.6 is 0 Å². The number of aromatic nitrogens is 3. The van der Waals surface area contributed by atoms with Gasteiger partial charge in [0.25, 0.3) is 11.5 Å². The van der Waals surface area contributed by atoms with Crippen molar-refractivity contribution < 1.29 is 14.3 Å². The summed E-state index contributed by atoms with van der Waals surface area (Å²) in [5.41, 5.74) is 0.0318. The molecule has 0 aliphatic heterocycles. The number of pyridine rings is 1. The summed E-state index contributed by atoms with van der Waals surface area (Å²) in [5, 5.41) is 6.53. The molecule has 2 heterocycles. The highest BCUT2D eigenvalue weighted by Gasteiger charge is 2.19. The van der Waals surface area contributed by atoms with Crippen molar-refractivity contribution in [2.75, 3.05) is 11.9 Å². The molecule has 22 heavy (non-hydrogen) atoms. The van der Waals surface area contributed by atoms with Gasteiger partial charge in [-0.05, 0) is 13.0 Å². The van der Waals surface area contributed by atoms with Crippen LogP contribution < -0.4 is 10.9 Å². The van der Waals surface area contributed by atoms with Gasteiger partial charge in [-0.1, -0.05) is 0 Å². The number of ether oxygens (including phenoxy) is 1. The van der Waals surface area contributed by atoms with Gasteiger partial charge >= 0.3 is 5.97 Å². The van der Waals surface area contributed by atoms with Crippen LogP contribution in [0, 0.1) is 0 Å². The zero-order valence-corrected chi connectivity index (χ0v) is 12.5. The molecule has 0 saturated heterocycles. The maximum atomic E-state index is 12.2. The van der Waals surface area contributed by atoms with Crippen LogP contribution in [0.2, 0.25) is 0 Å². The molecule has 0 atom stereocenters. The van der Waals surface area contributed by atoms with Gasteiger partial charge in [0, 0.05) is 38.1 Å². The lowest BCUT2D eigenvalue weighted by Crippen LogP contribution is -2.21. The Labute approximate surface area is 126 Å². The van der Waals surface area contributed by atoms with E-state index in [0.29, 0.717) is 0 Å². The van der Waals surface area contributed by atoms with Crippen molar-refractivity contribution in [2.45, 2.75) is 6.92 Å². The fourth-order valence-electron chi connectivity index (χ4n) is 1.81. The molecule has 0 unspecified atom stereocenters. The quantitative estimate of drug-likeness (QED) is 0.832. The Morgan fingerprint density at radius 2 is 2.09 bits per heavy atom. The van der Waals surface area contributed by atoms with Crippen molar-refractivity contribution in [1.82, 2.24) is 14.3 Å². The number of amides is 1. The topological polar surface area (TPSA) is 95.2 Å². The molecule has 0 aliphatic carbocycles. The zero-order chi connectivity index (χ0) is 16.3. The van der Waals surface area contributed by atoms with E-state index in [0.717, 1.165) is 0 Å². The fourth-order valence-corrected chi connectivity index (χ4v) is 1.81. The molecule has 0 fully saturated rings. The second-order valence-electron chi connectivity index (χ2n) is 4.60. The van der Waals surface area contributed by atoms with Crippen LogP contribution in [0.1, 0.15) is 27.6 Å². The van der Waals surface area contributed by atoms with Crippen molar-refractivity contribution in [3.8, 4) is 0 Å². The number of hydrogen-bond donors (Lipinski definition) is 1. The first-order chi connectivity index (χ1) is 10.4. The molecule has 2 rings (SSSR count). The Morgan fingerprint density at radius 1 is 1.36 bits per heavy atom. The standard InChI is InChI=1S/C14H16N4O4/c1-4-22-14(21)10-8-18(3)16-12(10)15-13(20)9-5-6-17(2)11(19)7-9/h5-8H,4H2,1-3H3,(H,15,16,20). The fraction of sp³-hybridized carbons (Fsp3) is 0.286. The molecule has 116 valence electrons. The molecule has 1 N–H and O–H groups in total. The van der Waals surface area contributed by atoms with Crippen LogP contribution in [0.25, 0.3) is 0 Å². The monoisotopic (exact) mass is 304 g/mol. The van der Waals surface area contributed by atoms with E-state index in [4.69, 9.17) is 4.74 Å². The number of carbonyl (C=O) groups is 2. The molecule has 8 nitrogen and oxygen atoms in total. The first-order valence-corrected chi connectivity index (χ1v) is 6.61. The molecule has 0 radical (unpaired) electrons. The van der Waals surface area contributed by atoms with E-state index in [-0.39, 0.29) is 29.1 Å². The summed E-state index contributed by atoms with van der Waals surface area (Å²) < 4.78 is 7.65. The van der Waals surface area contributed by atoms with E-state index in [1.807, 2.05) is 0 Å². The third-order valence-corrected chi connectivity index (χ3v) is 2.92. The van der Waals surface area contributed by atoms with Crippen LogP contribution in [-0.4, -0.2) is 32.8 Å². The van der Waals surface area contributed by atoms with Crippen LogP contribution in [0.4, 0.5) is 5.82 Å². The first-order valence-electron chi connectivity index (χ1n) is 6.61. The molecule has 2 aromatic heterocycles. The van der Waals surface area contributed by atoms with Gasteiger partial charge in [-0.3, -0.25) is 14.3 Å². The summed E-state index contributed by atoms with van der Waals surface area (Å²) in [6.45, 7) is 1.90. The van der Waals surface area contributed by atoms with Crippen LogP contribution in [0.15, 0.2) is 29.3 Å². The minimum absolute atomic E-state index is 0.0895. The number of esters is 1. The number of hydrogen-bond acceptors (Lipinski definition) is 5. The first kappa shape index (κ1) is 15.5. The summed E-state index contributed by atoms with van der Waals surface area (Å²) >= 11 is 0. The van der Waals surface area contributed by atoms with E-state index in [1.54, 1.807) is 21.0 Å². The van der Waals surface area contributed by atoms with Crippen LogP contribution in [0.5, 0.6) is 0 Å². The molecule has 2 aromatic rings. The van der Waals surface area contributed by atoms with Crippen LogP contribution in [-0.2, 0) is 18.8 Å². The molecule has 0 spiro atoms. The second kappa shape index (κ2) is 6.25. The number of anilines is 1. The van der Waals surface area contributed by atoms with Gasteiger partial charge in [-0.25, -0.2) is 4.79 Å². The highest BCUT2D eigenvalue weighted by molar-refractivity contribution is 6.07. The molecular weight excluding hydrogens is 288 g/mol. The number of aryl methyl sites for hydroxylation is 2. The second-order valence-corrected chi connectivity index (χ2v) is 4.60. The molecular formula is C14H16N4O4. The van der Waals surface area contributed by atoms with Gasteiger partial charge in [0.05, 0.1) is 6.61 Å². The average Bonchev–Trinajstić information content (AvgIpc) is 2.83. The summed E-state index contributed by atoms with van der Waals surface area (Å²) in [7, 11) is 3.21. The summed E-state index contributed by atoms with van der Waals surface area (Å²) in [5.74, 6) is -1.01. The Balaban J connectivity index is 2.26. The van der Waals surface area contributed by atoms with Gasteiger partial charge in [-0.15, -0.1) is 0 Å². The smallest absolute Gasteiger partial charge is 0.343 e. The zero-order valence-electron chi connectivity index (χ0n) is 12.5. The lowest BCUT2D eigenvalue weighted by molar-refractivity contribution is 0.0527. The van der Waals surface area contributed by atoms with Crippen molar-refractivity contribution >= 4 is 17.7 Å². The van der Waals surface area contributed by atoms with Gasteiger partial charge in [0.2, 0.25) is 0 Å². The third kappa shape index (κ3) is 3.22. The summed E-state index contributed by atoms with van der Waals surface area (Å²) in [4.78, 5) is 35.5. The number of nitrogens with zero attached hydrogens (tertiary/aromatic N) is 3. The Hall–Kier alpha value is -2.90. The minimum atomic E-state index is -0.574. The predicted octanol–water partition coefficient (Wildman–Crippen LogP) is 0.548. The molecule has 0 aliphatic rings. The SMILES string of the molecule is CCOC(=O)c1cn(C)nc1NC(=O)c1ccn(C)c(=O)c1. The van der Waals surface area contributed by atoms with E-state index in [2.05, 4.69) is 10.4 Å². The van der Waals surface area contributed by atoms with Crippen molar-refractivity contribution in [1.29, 1.82) is 0 Å². The Bertz CT molecular complexity index is 775.